The molecule has 1 aromatic rings. The fraction of sp³-hybridized carbons (Fsp3) is 0.385. The Morgan fingerprint density at radius 2 is 2.12 bits per heavy atom. The molecule has 0 radical (unpaired) electrons. The monoisotopic (exact) mass is 253 g/mol. The van der Waals surface area contributed by atoms with Crippen molar-refractivity contribution in [1.82, 2.24) is 0 Å². The van der Waals surface area contributed by atoms with Crippen molar-refractivity contribution in [2.24, 2.45) is 5.73 Å². The molecule has 0 aliphatic carbocycles. The van der Waals surface area contributed by atoms with Crippen LogP contribution in [-0.2, 0) is 9.84 Å². The second-order valence-corrected chi connectivity index (χ2v) is 6.27. The van der Waals surface area contributed by atoms with E-state index in [1.807, 2.05) is 13.0 Å². The molecule has 0 aliphatic rings. The van der Waals surface area contributed by atoms with Gasteiger partial charge in [0.1, 0.15) is 0 Å². The van der Waals surface area contributed by atoms with Crippen LogP contribution in [-0.4, -0.2) is 14.7 Å². The highest BCUT2D eigenvalue weighted by molar-refractivity contribution is 7.90. The van der Waals surface area contributed by atoms with E-state index in [9.17, 15) is 8.42 Å². The van der Waals surface area contributed by atoms with Crippen molar-refractivity contribution < 1.29 is 8.42 Å². The molecule has 3 nitrogen and oxygen atoms in total. The Kier molecular flexibility index (Phi) is 4.48. The lowest BCUT2D eigenvalue weighted by Crippen LogP contribution is -2.11. The number of nitrogens with two attached hydrogens (primary N) is 1. The molecule has 0 fully saturated rings. The SMILES string of the molecule is C=C(CC)CC(N)c1cccc(S(C)(=O)=O)c1. The fourth-order valence-corrected chi connectivity index (χ4v) is 2.22. The van der Waals surface area contributed by atoms with E-state index in [1.165, 1.54) is 6.26 Å². The predicted octanol–water partition coefficient (Wildman–Crippen LogP) is 2.45. The summed E-state index contributed by atoms with van der Waals surface area (Å²) in [5.74, 6) is 0. The zero-order valence-electron chi connectivity index (χ0n) is 10.3. The molecule has 0 aromatic heterocycles. The van der Waals surface area contributed by atoms with Gasteiger partial charge in [-0.1, -0.05) is 31.2 Å². The highest BCUT2D eigenvalue weighted by Crippen LogP contribution is 2.21. The van der Waals surface area contributed by atoms with E-state index in [4.69, 9.17) is 5.73 Å². The summed E-state index contributed by atoms with van der Waals surface area (Å²) in [4.78, 5) is 0.313. The molecule has 0 saturated heterocycles. The minimum Gasteiger partial charge on any atom is -0.324 e. The van der Waals surface area contributed by atoms with Crippen LogP contribution in [0.3, 0.4) is 0 Å². The minimum absolute atomic E-state index is 0.191. The van der Waals surface area contributed by atoms with Gasteiger partial charge in [0.25, 0.3) is 0 Å². The molecule has 0 aliphatic heterocycles. The van der Waals surface area contributed by atoms with Crippen molar-refractivity contribution in [2.75, 3.05) is 6.26 Å². The van der Waals surface area contributed by atoms with Crippen LogP contribution in [0, 0.1) is 0 Å². The Hall–Kier alpha value is -1.13. The number of rotatable bonds is 5. The van der Waals surface area contributed by atoms with Gasteiger partial charge in [0.05, 0.1) is 4.90 Å². The molecule has 4 heteroatoms. The average molecular weight is 253 g/mol. The molecule has 0 bridgehead atoms. The Bertz CT molecular complexity index is 506. The van der Waals surface area contributed by atoms with Gasteiger partial charge >= 0.3 is 0 Å². The molecule has 1 unspecified atom stereocenters. The summed E-state index contributed by atoms with van der Waals surface area (Å²) in [6.45, 7) is 5.94. The molecule has 1 atom stereocenters. The molecule has 17 heavy (non-hydrogen) atoms. The maximum absolute atomic E-state index is 11.4. The van der Waals surface area contributed by atoms with Crippen molar-refractivity contribution in [3.63, 3.8) is 0 Å². The van der Waals surface area contributed by atoms with E-state index in [2.05, 4.69) is 6.58 Å². The summed E-state index contributed by atoms with van der Waals surface area (Å²) in [5, 5.41) is 0. The lowest BCUT2D eigenvalue weighted by Gasteiger charge is -2.13. The molecule has 0 amide bonds. The molecule has 0 spiro atoms. The predicted molar refractivity (Wildman–Crippen MR) is 70.5 cm³/mol. The summed E-state index contributed by atoms with van der Waals surface area (Å²) in [6, 6.07) is 6.61. The first kappa shape index (κ1) is 13.9. The molecule has 2 N–H and O–H groups in total. The van der Waals surface area contributed by atoms with E-state index in [1.54, 1.807) is 18.2 Å². The average Bonchev–Trinajstić information content (AvgIpc) is 2.28. The van der Waals surface area contributed by atoms with Crippen LogP contribution in [0.4, 0.5) is 0 Å². The van der Waals surface area contributed by atoms with E-state index in [-0.39, 0.29) is 6.04 Å². The van der Waals surface area contributed by atoms with Crippen molar-refractivity contribution >= 4 is 9.84 Å². The molecule has 1 aromatic carbocycles. The first-order valence-electron chi connectivity index (χ1n) is 5.57. The fourth-order valence-electron chi connectivity index (χ4n) is 1.55. The Balaban J connectivity index is 2.96. The van der Waals surface area contributed by atoms with Crippen molar-refractivity contribution in [1.29, 1.82) is 0 Å². The second-order valence-electron chi connectivity index (χ2n) is 4.26. The minimum atomic E-state index is -3.17. The molecule has 0 saturated carbocycles. The van der Waals surface area contributed by atoms with Crippen molar-refractivity contribution in [3.05, 3.63) is 42.0 Å². The molecule has 0 heterocycles. The number of hydrogen-bond acceptors (Lipinski definition) is 3. The van der Waals surface area contributed by atoms with Crippen LogP contribution < -0.4 is 5.73 Å². The van der Waals surface area contributed by atoms with Crippen LogP contribution in [0.15, 0.2) is 41.3 Å². The smallest absolute Gasteiger partial charge is 0.175 e. The van der Waals surface area contributed by atoms with Gasteiger partial charge in [-0.15, -0.1) is 0 Å². The quantitative estimate of drug-likeness (QED) is 0.820. The summed E-state index contributed by atoms with van der Waals surface area (Å²) in [7, 11) is -3.17. The zero-order chi connectivity index (χ0) is 13.1. The third kappa shape index (κ3) is 3.98. The topological polar surface area (TPSA) is 60.2 Å². The summed E-state index contributed by atoms with van der Waals surface area (Å²) >= 11 is 0. The van der Waals surface area contributed by atoms with E-state index >= 15 is 0 Å². The van der Waals surface area contributed by atoms with Gasteiger partial charge in [0.15, 0.2) is 9.84 Å². The number of hydrogen-bond donors (Lipinski definition) is 1. The lowest BCUT2D eigenvalue weighted by molar-refractivity contribution is 0.601. The molecule has 94 valence electrons. The van der Waals surface area contributed by atoms with Gasteiger partial charge in [-0.3, -0.25) is 0 Å². The summed E-state index contributed by atoms with van der Waals surface area (Å²) in [6.07, 6.45) is 2.77. The second kappa shape index (κ2) is 5.47. The summed E-state index contributed by atoms with van der Waals surface area (Å²) in [5.41, 5.74) is 7.94. The standard InChI is InChI=1S/C13H19NO2S/c1-4-10(2)8-13(14)11-6-5-7-12(9-11)17(3,15)16/h5-7,9,13H,2,4,8,14H2,1,3H3. The lowest BCUT2D eigenvalue weighted by atomic mass is 9.99. The summed E-state index contributed by atoms with van der Waals surface area (Å²) < 4.78 is 22.9. The Morgan fingerprint density at radius 3 is 2.65 bits per heavy atom. The zero-order valence-corrected chi connectivity index (χ0v) is 11.1. The third-order valence-electron chi connectivity index (χ3n) is 2.72. The van der Waals surface area contributed by atoms with Gasteiger partial charge in [0, 0.05) is 12.3 Å². The van der Waals surface area contributed by atoms with Gasteiger partial charge in [0.2, 0.25) is 0 Å². The van der Waals surface area contributed by atoms with Gasteiger partial charge in [-0.05, 0) is 30.5 Å². The van der Waals surface area contributed by atoms with Crippen molar-refractivity contribution in [3.8, 4) is 0 Å². The molecular weight excluding hydrogens is 234 g/mol. The number of benzene rings is 1. The normalized spacial score (nSPS) is 13.4. The first-order chi connectivity index (χ1) is 7.84. The van der Waals surface area contributed by atoms with Crippen LogP contribution in [0.5, 0.6) is 0 Å². The highest BCUT2D eigenvalue weighted by Gasteiger charge is 2.11. The largest absolute Gasteiger partial charge is 0.324 e. The van der Waals surface area contributed by atoms with Crippen LogP contribution in [0.2, 0.25) is 0 Å². The van der Waals surface area contributed by atoms with Gasteiger partial charge in [-0.2, -0.15) is 0 Å². The van der Waals surface area contributed by atoms with E-state index in [0.717, 1.165) is 17.6 Å². The number of sulfone groups is 1. The maximum atomic E-state index is 11.4. The van der Waals surface area contributed by atoms with Crippen LogP contribution >= 0.6 is 0 Å². The van der Waals surface area contributed by atoms with Crippen molar-refractivity contribution in [2.45, 2.75) is 30.7 Å². The van der Waals surface area contributed by atoms with Gasteiger partial charge in [-0.25, -0.2) is 8.42 Å². The first-order valence-corrected chi connectivity index (χ1v) is 7.46. The van der Waals surface area contributed by atoms with Gasteiger partial charge < -0.3 is 5.73 Å². The van der Waals surface area contributed by atoms with Crippen LogP contribution in [0.25, 0.3) is 0 Å². The third-order valence-corrected chi connectivity index (χ3v) is 3.83. The highest BCUT2D eigenvalue weighted by atomic mass is 32.2. The Labute approximate surface area is 103 Å². The van der Waals surface area contributed by atoms with E-state index in [0.29, 0.717) is 11.3 Å². The molecular formula is C13H19NO2S. The van der Waals surface area contributed by atoms with E-state index < -0.39 is 9.84 Å². The maximum Gasteiger partial charge on any atom is 0.175 e. The Morgan fingerprint density at radius 1 is 1.47 bits per heavy atom. The van der Waals surface area contributed by atoms with Crippen LogP contribution in [0.1, 0.15) is 31.4 Å². The molecule has 1 rings (SSSR count).